The van der Waals surface area contributed by atoms with Crippen LogP contribution in [0.25, 0.3) is 11.0 Å². The van der Waals surface area contributed by atoms with E-state index in [-0.39, 0.29) is 12.5 Å². The maximum absolute atomic E-state index is 12.0. The van der Waals surface area contributed by atoms with Crippen molar-refractivity contribution in [1.29, 1.82) is 0 Å². The minimum absolute atomic E-state index is 0.129. The molecule has 3 rings (SSSR count). The number of carbonyl (C=O) groups excluding carboxylic acids is 1. The van der Waals surface area contributed by atoms with Crippen molar-refractivity contribution in [3.05, 3.63) is 70.1 Å². The predicted octanol–water partition coefficient (Wildman–Crippen LogP) is 3.43. The minimum atomic E-state index is -0.424. The van der Waals surface area contributed by atoms with Gasteiger partial charge in [0.25, 0.3) is 5.91 Å². The monoisotopic (exact) mass is 323 g/mol. The lowest BCUT2D eigenvalue weighted by molar-refractivity contribution is -0.118. The standard InChI is InChI=1S/C19H17NO4/c1-12-3-6-15(9-13(12)2)20-18(21)11-23-16-7-4-14-5-8-19(22)24-17(14)10-16/h3-10H,11H2,1-2H3,(H,20,21). The zero-order valence-corrected chi connectivity index (χ0v) is 13.5. The highest BCUT2D eigenvalue weighted by Gasteiger charge is 2.06. The molecule has 1 amide bonds. The molecule has 0 aliphatic carbocycles. The normalized spacial score (nSPS) is 10.6. The van der Waals surface area contributed by atoms with Gasteiger partial charge in [-0.15, -0.1) is 0 Å². The van der Waals surface area contributed by atoms with Crippen LogP contribution in [0.15, 0.2) is 57.7 Å². The highest BCUT2D eigenvalue weighted by molar-refractivity contribution is 5.92. The van der Waals surface area contributed by atoms with Gasteiger partial charge in [-0.3, -0.25) is 4.79 Å². The van der Waals surface area contributed by atoms with Gasteiger partial charge in [-0.1, -0.05) is 6.07 Å². The molecule has 0 aliphatic rings. The molecule has 5 nitrogen and oxygen atoms in total. The molecule has 0 atom stereocenters. The summed E-state index contributed by atoms with van der Waals surface area (Å²) in [6, 6.07) is 13.9. The third kappa shape index (κ3) is 3.63. The second-order valence-electron chi connectivity index (χ2n) is 5.59. The number of ether oxygens (including phenoxy) is 1. The molecule has 0 saturated carbocycles. The molecule has 0 bridgehead atoms. The van der Waals surface area contributed by atoms with Gasteiger partial charge in [0.1, 0.15) is 11.3 Å². The van der Waals surface area contributed by atoms with Crippen molar-refractivity contribution in [1.82, 2.24) is 0 Å². The number of hydrogen-bond donors (Lipinski definition) is 1. The predicted molar refractivity (Wildman–Crippen MR) is 92.5 cm³/mol. The van der Waals surface area contributed by atoms with Crippen molar-refractivity contribution < 1.29 is 13.9 Å². The van der Waals surface area contributed by atoms with Crippen LogP contribution >= 0.6 is 0 Å². The summed E-state index contributed by atoms with van der Waals surface area (Å²) in [5.41, 5.74) is 3.01. The number of benzene rings is 2. The second kappa shape index (κ2) is 6.58. The van der Waals surface area contributed by atoms with Crippen LogP contribution in [-0.4, -0.2) is 12.5 Å². The lowest BCUT2D eigenvalue weighted by Gasteiger charge is -2.09. The van der Waals surface area contributed by atoms with Crippen molar-refractivity contribution in [2.45, 2.75) is 13.8 Å². The maximum Gasteiger partial charge on any atom is 0.336 e. The van der Waals surface area contributed by atoms with Crippen molar-refractivity contribution in [2.75, 3.05) is 11.9 Å². The molecule has 0 spiro atoms. The molecule has 0 aliphatic heterocycles. The fourth-order valence-corrected chi connectivity index (χ4v) is 2.30. The summed E-state index contributed by atoms with van der Waals surface area (Å²) in [4.78, 5) is 23.2. The van der Waals surface area contributed by atoms with Crippen molar-refractivity contribution in [2.24, 2.45) is 0 Å². The number of aryl methyl sites for hydroxylation is 2. The van der Waals surface area contributed by atoms with Crippen LogP contribution in [0.4, 0.5) is 5.69 Å². The summed E-state index contributed by atoms with van der Waals surface area (Å²) in [6.45, 7) is 3.88. The van der Waals surface area contributed by atoms with Gasteiger partial charge in [-0.25, -0.2) is 4.79 Å². The van der Waals surface area contributed by atoms with Crippen LogP contribution in [0, 0.1) is 13.8 Å². The van der Waals surface area contributed by atoms with E-state index in [0.717, 1.165) is 16.6 Å². The molecule has 24 heavy (non-hydrogen) atoms. The van der Waals surface area contributed by atoms with Gasteiger partial charge in [0.2, 0.25) is 0 Å². The largest absolute Gasteiger partial charge is 0.484 e. The molecule has 1 heterocycles. The van der Waals surface area contributed by atoms with Crippen LogP contribution in [0.2, 0.25) is 0 Å². The van der Waals surface area contributed by atoms with Crippen LogP contribution in [-0.2, 0) is 4.79 Å². The third-order valence-electron chi connectivity index (χ3n) is 3.76. The van der Waals surface area contributed by atoms with E-state index in [1.54, 1.807) is 24.3 Å². The Balaban J connectivity index is 1.65. The van der Waals surface area contributed by atoms with E-state index in [4.69, 9.17) is 9.15 Å². The van der Waals surface area contributed by atoms with E-state index >= 15 is 0 Å². The first kappa shape index (κ1) is 15.8. The first-order chi connectivity index (χ1) is 11.5. The van der Waals surface area contributed by atoms with E-state index in [0.29, 0.717) is 11.3 Å². The summed E-state index contributed by atoms with van der Waals surface area (Å²) in [7, 11) is 0. The molecule has 0 fully saturated rings. The maximum atomic E-state index is 12.0. The number of nitrogens with one attached hydrogen (secondary N) is 1. The molecule has 0 unspecified atom stereocenters. The Kier molecular flexibility index (Phi) is 4.33. The highest BCUT2D eigenvalue weighted by atomic mass is 16.5. The van der Waals surface area contributed by atoms with Crippen molar-refractivity contribution in [3.63, 3.8) is 0 Å². The third-order valence-corrected chi connectivity index (χ3v) is 3.76. The number of rotatable bonds is 4. The van der Waals surface area contributed by atoms with Gasteiger partial charge in [0, 0.05) is 23.2 Å². The quantitative estimate of drug-likeness (QED) is 0.747. The molecule has 1 N–H and O–H groups in total. The van der Waals surface area contributed by atoms with Gasteiger partial charge in [-0.2, -0.15) is 0 Å². The number of fused-ring (bicyclic) bond motifs is 1. The Morgan fingerprint density at radius 1 is 1.04 bits per heavy atom. The van der Waals surface area contributed by atoms with Crippen LogP contribution in [0.3, 0.4) is 0 Å². The Bertz CT molecular complexity index is 959. The summed E-state index contributed by atoms with van der Waals surface area (Å²) in [5, 5.41) is 3.58. The molecule has 1 aromatic heterocycles. The highest BCUT2D eigenvalue weighted by Crippen LogP contribution is 2.19. The molecular formula is C19H17NO4. The molecule has 3 aromatic rings. The van der Waals surface area contributed by atoms with E-state index in [2.05, 4.69) is 5.32 Å². The van der Waals surface area contributed by atoms with Gasteiger partial charge >= 0.3 is 5.63 Å². The SMILES string of the molecule is Cc1ccc(NC(=O)COc2ccc3ccc(=O)oc3c2)cc1C. The molecule has 5 heteroatoms. The molecule has 0 saturated heterocycles. The van der Waals surface area contributed by atoms with Crippen LogP contribution in [0.1, 0.15) is 11.1 Å². The molecular weight excluding hydrogens is 306 g/mol. The number of carbonyl (C=O) groups is 1. The minimum Gasteiger partial charge on any atom is -0.484 e. The van der Waals surface area contributed by atoms with Crippen LogP contribution in [0.5, 0.6) is 5.75 Å². The Hall–Kier alpha value is -3.08. The Morgan fingerprint density at radius 3 is 2.62 bits per heavy atom. The average molecular weight is 323 g/mol. The number of amides is 1. The Labute approximate surface area is 138 Å². The molecule has 0 radical (unpaired) electrons. The topological polar surface area (TPSA) is 68.5 Å². The number of anilines is 1. The number of hydrogen-bond acceptors (Lipinski definition) is 4. The van der Waals surface area contributed by atoms with Gasteiger partial charge < -0.3 is 14.5 Å². The summed E-state index contributed by atoms with van der Waals surface area (Å²) >= 11 is 0. The van der Waals surface area contributed by atoms with Gasteiger partial charge in [0.15, 0.2) is 6.61 Å². The first-order valence-electron chi connectivity index (χ1n) is 7.55. The van der Waals surface area contributed by atoms with Crippen molar-refractivity contribution >= 4 is 22.6 Å². The molecule has 122 valence electrons. The smallest absolute Gasteiger partial charge is 0.336 e. The van der Waals surface area contributed by atoms with Gasteiger partial charge in [-0.05, 0) is 55.3 Å². The lowest BCUT2D eigenvalue weighted by atomic mass is 10.1. The van der Waals surface area contributed by atoms with Crippen LogP contribution < -0.4 is 15.7 Å². The fourth-order valence-electron chi connectivity index (χ4n) is 2.30. The lowest BCUT2D eigenvalue weighted by Crippen LogP contribution is -2.20. The summed E-state index contributed by atoms with van der Waals surface area (Å²) < 4.78 is 10.6. The fraction of sp³-hybridized carbons (Fsp3) is 0.158. The van der Waals surface area contributed by atoms with E-state index in [1.807, 2.05) is 32.0 Å². The zero-order valence-electron chi connectivity index (χ0n) is 13.5. The average Bonchev–Trinajstić information content (AvgIpc) is 2.56. The van der Waals surface area contributed by atoms with E-state index in [9.17, 15) is 9.59 Å². The first-order valence-corrected chi connectivity index (χ1v) is 7.55. The second-order valence-corrected chi connectivity index (χ2v) is 5.59. The zero-order chi connectivity index (χ0) is 17.1. The van der Waals surface area contributed by atoms with Gasteiger partial charge in [0.05, 0.1) is 0 Å². The van der Waals surface area contributed by atoms with Crippen molar-refractivity contribution in [3.8, 4) is 5.75 Å². The Morgan fingerprint density at radius 2 is 1.83 bits per heavy atom. The van der Waals surface area contributed by atoms with E-state index in [1.165, 1.54) is 11.6 Å². The van der Waals surface area contributed by atoms with E-state index < -0.39 is 5.63 Å². The summed E-state index contributed by atoms with van der Waals surface area (Å²) in [6.07, 6.45) is 0. The molecule has 2 aromatic carbocycles. The summed E-state index contributed by atoms with van der Waals surface area (Å²) in [5.74, 6) is 0.208.